The molecule has 1 aliphatic rings. The molecule has 3 nitrogen and oxygen atoms in total. The molecule has 0 saturated carbocycles. The van der Waals surface area contributed by atoms with Gasteiger partial charge in [-0.15, -0.1) is 0 Å². The van der Waals surface area contributed by atoms with E-state index in [4.69, 9.17) is 0 Å². The second-order valence-electron chi connectivity index (χ2n) is 6.07. The number of hydrogen-bond donors (Lipinski definition) is 0. The molecule has 4 heteroatoms. The summed E-state index contributed by atoms with van der Waals surface area (Å²) in [5.41, 5.74) is 0.999. The summed E-state index contributed by atoms with van der Waals surface area (Å²) < 4.78 is 13.1. The van der Waals surface area contributed by atoms with Gasteiger partial charge in [0.2, 0.25) is 6.41 Å². The Morgan fingerprint density at radius 3 is 2.50 bits per heavy atom. The molecule has 1 amide bonds. The predicted octanol–water partition coefficient (Wildman–Crippen LogP) is 2.69. The lowest BCUT2D eigenvalue weighted by Gasteiger charge is -2.44. The van der Waals surface area contributed by atoms with Gasteiger partial charge in [0.05, 0.1) is 6.04 Å². The summed E-state index contributed by atoms with van der Waals surface area (Å²) in [6, 6.07) is 6.86. The third kappa shape index (κ3) is 3.37. The van der Waals surface area contributed by atoms with Crippen LogP contribution >= 0.6 is 0 Å². The molecule has 20 heavy (non-hydrogen) atoms. The van der Waals surface area contributed by atoms with E-state index in [1.54, 1.807) is 12.1 Å². The Morgan fingerprint density at radius 2 is 1.95 bits per heavy atom. The number of halogens is 1. The Bertz CT molecular complexity index is 446. The molecule has 1 fully saturated rings. The van der Waals surface area contributed by atoms with Crippen molar-refractivity contribution in [1.82, 2.24) is 9.80 Å². The minimum atomic E-state index is -0.241. The fraction of sp³-hybridized carbons (Fsp3) is 0.562. The van der Waals surface area contributed by atoms with Crippen LogP contribution in [-0.4, -0.2) is 41.9 Å². The van der Waals surface area contributed by atoms with E-state index in [0.29, 0.717) is 12.0 Å². The number of carbonyl (C=O) groups is 1. The van der Waals surface area contributed by atoms with Gasteiger partial charge in [-0.2, -0.15) is 0 Å². The quantitative estimate of drug-likeness (QED) is 0.791. The molecule has 1 heterocycles. The molecule has 0 aromatic heterocycles. The van der Waals surface area contributed by atoms with Crippen LogP contribution in [0, 0.1) is 11.7 Å². The van der Waals surface area contributed by atoms with Crippen molar-refractivity contribution in [3.05, 3.63) is 35.6 Å². The van der Waals surface area contributed by atoms with Crippen LogP contribution in [0.25, 0.3) is 0 Å². The Morgan fingerprint density at radius 1 is 1.30 bits per heavy atom. The van der Waals surface area contributed by atoms with Gasteiger partial charge in [-0.3, -0.25) is 9.69 Å². The average Bonchev–Trinajstić information content (AvgIpc) is 2.41. The summed E-state index contributed by atoms with van der Waals surface area (Å²) in [4.78, 5) is 15.6. The normalized spacial score (nSPS) is 24.1. The first-order valence-corrected chi connectivity index (χ1v) is 7.21. The number of carbonyl (C=O) groups excluding carboxylic acids is 1. The highest BCUT2D eigenvalue weighted by Crippen LogP contribution is 2.27. The lowest BCUT2D eigenvalue weighted by molar-refractivity contribution is -0.124. The molecule has 1 aromatic carbocycles. The SMILES string of the molecule is CC(C)CN1CC(c2ccc(F)cc2)N(C=O)CC1C. The zero-order valence-corrected chi connectivity index (χ0v) is 12.4. The molecule has 0 N–H and O–H groups in total. The molecule has 1 saturated heterocycles. The molecular weight excluding hydrogens is 255 g/mol. The summed E-state index contributed by atoms with van der Waals surface area (Å²) in [5.74, 6) is 0.351. The van der Waals surface area contributed by atoms with Crippen LogP contribution in [0.5, 0.6) is 0 Å². The van der Waals surface area contributed by atoms with Gasteiger partial charge in [-0.1, -0.05) is 26.0 Å². The second kappa shape index (κ2) is 6.35. The molecular formula is C16H23FN2O. The highest BCUT2D eigenvalue weighted by molar-refractivity contribution is 5.49. The second-order valence-corrected chi connectivity index (χ2v) is 6.07. The number of piperazine rings is 1. The summed E-state index contributed by atoms with van der Waals surface area (Å²) in [5, 5.41) is 0. The average molecular weight is 278 g/mol. The smallest absolute Gasteiger partial charge is 0.210 e. The molecule has 0 bridgehead atoms. The van der Waals surface area contributed by atoms with Gasteiger partial charge >= 0.3 is 0 Å². The minimum Gasteiger partial charge on any atom is -0.335 e. The van der Waals surface area contributed by atoms with Gasteiger partial charge in [-0.05, 0) is 30.5 Å². The molecule has 110 valence electrons. The van der Waals surface area contributed by atoms with Crippen molar-refractivity contribution >= 4 is 6.41 Å². The van der Waals surface area contributed by atoms with Crippen molar-refractivity contribution in [2.45, 2.75) is 32.9 Å². The van der Waals surface area contributed by atoms with E-state index < -0.39 is 0 Å². The van der Waals surface area contributed by atoms with Crippen molar-refractivity contribution in [1.29, 1.82) is 0 Å². The molecule has 0 aliphatic carbocycles. The lowest BCUT2D eigenvalue weighted by Crippen LogP contribution is -2.53. The first-order valence-electron chi connectivity index (χ1n) is 7.21. The number of amides is 1. The maximum atomic E-state index is 13.1. The largest absolute Gasteiger partial charge is 0.335 e. The topological polar surface area (TPSA) is 23.6 Å². The number of rotatable bonds is 4. The molecule has 1 aromatic rings. The zero-order chi connectivity index (χ0) is 14.7. The summed E-state index contributed by atoms with van der Waals surface area (Å²) in [6.07, 6.45) is 0.914. The summed E-state index contributed by atoms with van der Waals surface area (Å²) >= 11 is 0. The van der Waals surface area contributed by atoms with E-state index in [2.05, 4.69) is 25.7 Å². The highest BCUT2D eigenvalue weighted by atomic mass is 19.1. The molecule has 0 spiro atoms. The fourth-order valence-corrected chi connectivity index (χ4v) is 2.88. The third-order valence-electron chi connectivity index (χ3n) is 3.90. The summed E-state index contributed by atoms with van der Waals surface area (Å²) in [7, 11) is 0. The van der Waals surface area contributed by atoms with Gasteiger partial charge in [0.15, 0.2) is 0 Å². The van der Waals surface area contributed by atoms with E-state index in [1.165, 1.54) is 12.1 Å². The van der Waals surface area contributed by atoms with Crippen LogP contribution in [0.2, 0.25) is 0 Å². The van der Waals surface area contributed by atoms with Crippen molar-refractivity contribution in [2.75, 3.05) is 19.6 Å². The van der Waals surface area contributed by atoms with Crippen molar-refractivity contribution in [3.63, 3.8) is 0 Å². The maximum Gasteiger partial charge on any atom is 0.210 e. The first kappa shape index (κ1) is 15.0. The van der Waals surface area contributed by atoms with E-state index in [-0.39, 0.29) is 11.9 Å². The first-order chi connectivity index (χ1) is 9.51. The van der Waals surface area contributed by atoms with Gasteiger partial charge in [0.25, 0.3) is 0 Å². The van der Waals surface area contributed by atoms with Gasteiger partial charge in [-0.25, -0.2) is 4.39 Å². The van der Waals surface area contributed by atoms with Crippen molar-refractivity contribution in [2.24, 2.45) is 5.92 Å². The monoisotopic (exact) mass is 278 g/mol. The maximum absolute atomic E-state index is 13.1. The standard InChI is InChI=1S/C16H23FN2O/c1-12(2)8-18-10-16(19(11-20)9-13(18)3)14-4-6-15(17)7-5-14/h4-7,11-13,16H,8-10H2,1-3H3. The number of benzene rings is 1. The van der Waals surface area contributed by atoms with Crippen LogP contribution in [0.4, 0.5) is 4.39 Å². The zero-order valence-electron chi connectivity index (χ0n) is 12.4. The molecule has 2 unspecified atom stereocenters. The molecule has 2 rings (SSSR count). The van der Waals surface area contributed by atoms with Crippen LogP contribution in [0.3, 0.4) is 0 Å². The lowest BCUT2D eigenvalue weighted by atomic mass is 9.99. The van der Waals surface area contributed by atoms with Crippen LogP contribution < -0.4 is 0 Å². The fourth-order valence-electron chi connectivity index (χ4n) is 2.88. The minimum absolute atomic E-state index is 0.0167. The Hall–Kier alpha value is -1.42. The van der Waals surface area contributed by atoms with Crippen molar-refractivity contribution < 1.29 is 9.18 Å². The van der Waals surface area contributed by atoms with Crippen LogP contribution in [-0.2, 0) is 4.79 Å². The van der Waals surface area contributed by atoms with Crippen LogP contribution in [0.1, 0.15) is 32.4 Å². The Balaban J connectivity index is 2.19. The van der Waals surface area contributed by atoms with Gasteiger partial charge < -0.3 is 4.90 Å². The summed E-state index contributed by atoms with van der Waals surface area (Å²) in [6.45, 7) is 9.10. The van der Waals surface area contributed by atoms with E-state index in [0.717, 1.165) is 31.6 Å². The van der Waals surface area contributed by atoms with Crippen LogP contribution in [0.15, 0.2) is 24.3 Å². The third-order valence-corrected chi connectivity index (χ3v) is 3.90. The number of hydrogen-bond acceptors (Lipinski definition) is 2. The van der Waals surface area contributed by atoms with Gasteiger partial charge in [0.1, 0.15) is 5.82 Å². The highest BCUT2D eigenvalue weighted by Gasteiger charge is 2.31. The Labute approximate surface area is 120 Å². The molecule has 0 radical (unpaired) electrons. The predicted molar refractivity (Wildman–Crippen MR) is 77.8 cm³/mol. The number of nitrogens with zero attached hydrogens (tertiary/aromatic N) is 2. The molecule has 1 aliphatic heterocycles. The Kier molecular flexibility index (Phi) is 4.76. The van der Waals surface area contributed by atoms with Crippen molar-refractivity contribution in [3.8, 4) is 0 Å². The van der Waals surface area contributed by atoms with E-state index >= 15 is 0 Å². The molecule has 2 atom stereocenters. The van der Waals surface area contributed by atoms with E-state index in [9.17, 15) is 9.18 Å². The van der Waals surface area contributed by atoms with Gasteiger partial charge in [0, 0.05) is 25.7 Å². The van der Waals surface area contributed by atoms with E-state index in [1.807, 2.05) is 4.90 Å².